The van der Waals surface area contributed by atoms with Crippen LogP contribution in [0.3, 0.4) is 0 Å². The van der Waals surface area contributed by atoms with Gasteiger partial charge in [-0.25, -0.2) is 4.79 Å². The number of nitrogens with two attached hydrogens (primary N) is 1. The monoisotopic (exact) mass is 229 g/mol. The Labute approximate surface area is 97.0 Å². The molecule has 5 heteroatoms. The topological polar surface area (TPSA) is 78.6 Å². The molecular weight excluding hydrogens is 206 g/mol. The minimum Gasteiger partial charge on any atom is -0.396 e. The predicted molar refractivity (Wildman–Crippen MR) is 63.1 cm³/mol. The van der Waals surface area contributed by atoms with Gasteiger partial charge in [-0.2, -0.15) is 0 Å². The number of nitrogens with one attached hydrogen (secondary N) is 1. The van der Waals surface area contributed by atoms with Crippen molar-refractivity contribution in [1.29, 1.82) is 0 Å². The number of amides is 2. The summed E-state index contributed by atoms with van der Waals surface area (Å²) in [4.78, 5) is 12.6. The van der Waals surface area contributed by atoms with Gasteiger partial charge in [0.1, 0.15) is 0 Å². The lowest BCUT2D eigenvalue weighted by atomic mass is 10.0. The molecule has 0 aromatic rings. The van der Waals surface area contributed by atoms with Gasteiger partial charge in [0.15, 0.2) is 0 Å². The molecule has 1 unspecified atom stereocenters. The van der Waals surface area contributed by atoms with E-state index in [1.807, 2.05) is 0 Å². The molecule has 1 saturated heterocycles. The van der Waals surface area contributed by atoms with Crippen LogP contribution in [0.5, 0.6) is 0 Å². The fraction of sp³-hybridized carbons (Fsp3) is 0.909. The average Bonchev–Trinajstić information content (AvgIpc) is 2.27. The lowest BCUT2D eigenvalue weighted by Gasteiger charge is -2.33. The first-order chi connectivity index (χ1) is 7.63. The summed E-state index contributed by atoms with van der Waals surface area (Å²) >= 11 is 0. The van der Waals surface area contributed by atoms with Crippen molar-refractivity contribution in [3.63, 3.8) is 0 Å². The molecule has 1 aliphatic rings. The minimum absolute atomic E-state index is 0.256. The van der Waals surface area contributed by atoms with Gasteiger partial charge in [-0.15, -0.1) is 0 Å². The van der Waals surface area contributed by atoms with Crippen molar-refractivity contribution in [2.75, 3.05) is 19.7 Å². The second-order valence-electron chi connectivity index (χ2n) is 4.53. The van der Waals surface area contributed by atoms with Gasteiger partial charge in [0, 0.05) is 31.8 Å². The van der Waals surface area contributed by atoms with E-state index in [2.05, 4.69) is 12.2 Å². The van der Waals surface area contributed by atoms with E-state index in [0.29, 0.717) is 12.1 Å². The molecule has 0 bridgehead atoms. The Bertz CT molecular complexity index is 215. The normalized spacial score (nSPS) is 19.8. The largest absolute Gasteiger partial charge is 0.396 e. The second-order valence-corrected chi connectivity index (χ2v) is 4.53. The summed E-state index contributed by atoms with van der Waals surface area (Å²) in [5.41, 5.74) is 5.22. The lowest BCUT2D eigenvalue weighted by molar-refractivity contribution is 0.181. The van der Waals surface area contributed by atoms with Crippen molar-refractivity contribution < 1.29 is 9.90 Å². The van der Waals surface area contributed by atoms with E-state index in [9.17, 15) is 4.79 Å². The maximum Gasteiger partial charge on any atom is 0.314 e. The highest BCUT2D eigenvalue weighted by Crippen LogP contribution is 2.11. The Balaban J connectivity index is 2.18. The smallest absolute Gasteiger partial charge is 0.314 e. The van der Waals surface area contributed by atoms with Crippen LogP contribution in [0.4, 0.5) is 4.79 Å². The summed E-state index contributed by atoms with van der Waals surface area (Å²) < 4.78 is 0. The zero-order chi connectivity index (χ0) is 12.0. The molecular formula is C11H23N3O2. The summed E-state index contributed by atoms with van der Waals surface area (Å²) in [6.07, 6.45) is 3.76. The number of piperidine rings is 1. The summed E-state index contributed by atoms with van der Waals surface area (Å²) in [6, 6.07) is 0.591. The molecule has 5 nitrogen and oxygen atoms in total. The number of nitrogens with zero attached hydrogens (tertiary/aromatic N) is 1. The molecule has 0 radical (unpaired) electrons. The third kappa shape index (κ3) is 4.37. The van der Waals surface area contributed by atoms with Crippen LogP contribution in [0, 0.1) is 0 Å². The van der Waals surface area contributed by atoms with E-state index < -0.39 is 0 Å². The maximum absolute atomic E-state index is 10.9. The van der Waals surface area contributed by atoms with E-state index >= 15 is 0 Å². The van der Waals surface area contributed by atoms with E-state index in [0.717, 1.165) is 38.8 Å². The van der Waals surface area contributed by atoms with Gasteiger partial charge in [0.25, 0.3) is 0 Å². The number of hydrogen-bond donors (Lipinski definition) is 3. The fourth-order valence-electron chi connectivity index (χ4n) is 2.15. The van der Waals surface area contributed by atoms with Crippen LogP contribution in [-0.2, 0) is 0 Å². The van der Waals surface area contributed by atoms with Crippen LogP contribution in [0.25, 0.3) is 0 Å². The summed E-state index contributed by atoms with van der Waals surface area (Å²) in [7, 11) is 0. The van der Waals surface area contributed by atoms with Crippen molar-refractivity contribution in [3.05, 3.63) is 0 Å². The molecule has 94 valence electrons. The summed E-state index contributed by atoms with van der Waals surface area (Å²) in [6.45, 7) is 3.89. The van der Waals surface area contributed by atoms with Crippen LogP contribution in [-0.4, -0.2) is 47.8 Å². The fourth-order valence-corrected chi connectivity index (χ4v) is 2.15. The zero-order valence-electron chi connectivity index (χ0n) is 9.98. The number of primary amides is 1. The first kappa shape index (κ1) is 13.3. The molecule has 0 saturated carbocycles. The number of carbonyl (C=O) groups is 1. The first-order valence-electron chi connectivity index (χ1n) is 6.04. The number of likely N-dealkylation sites (tertiary alicyclic amines) is 1. The molecule has 1 atom stereocenters. The van der Waals surface area contributed by atoms with E-state index in [4.69, 9.17) is 10.8 Å². The van der Waals surface area contributed by atoms with Crippen LogP contribution in [0.15, 0.2) is 0 Å². The van der Waals surface area contributed by atoms with E-state index in [-0.39, 0.29) is 12.6 Å². The van der Waals surface area contributed by atoms with Crippen molar-refractivity contribution in [3.8, 4) is 0 Å². The lowest BCUT2D eigenvalue weighted by Crippen LogP contribution is -2.48. The number of urea groups is 1. The Kier molecular flexibility index (Phi) is 5.55. The molecule has 0 aliphatic carbocycles. The van der Waals surface area contributed by atoms with Gasteiger partial charge in [-0.3, -0.25) is 0 Å². The molecule has 1 heterocycles. The van der Waals surface area contributed by atoms with Crippen molar-refractivity contribution in [1.82, 2.24) is 10.2 Å². The molecule has 4 N–H and O–H groups in total. The number of rotatable bonds is 5. The molecule has 0 aromatic carbocycles. The van der Waals surface area contributed by atoms with Crippen molar-refractivity contribution in [2.45, 2.75) is 44.7 Å². The van der Waals surface area contributed by atoms with Crippen LogP contribution in [0.2, 0.25) is 0 Å². The summed E-state index contributed by atoms with van der Waals surface area (Å²) in [5.74, 6) is 0. The Morgan fingerprint density at radius 2 is 2.19 bits per heavy atom. The van der Waals surface area contributed by atoms with E-state index in [1.165, 1.54) is 0 Å². The number of aliphatic hydroxyl groups is 1. The van der Waals surface area contributed by atoms with Crippen molar-refractivity contribution in [2.24, 2.45) is 5.73 Å². The van der Waals surface area contributed by atoms with Gasteiger partial charge in [0.2, 0.25) is 0 Å². The predicted octanol–water partition coefficient (Wildman–Crippen LogP) is 0.280. The average molecular weight is 229 g/mol. The van der Waals surface area contributed by atoms with Gasteiger partial charge in [-0.1, -0.05) is 0 Å². The van der Waals surface area contributed by atoms with Crippen molar-refractivity contribution >= 4 is 6.03 Å². The highest BCUT2D eigenvalue weighted by Gasteiger charge is 2.21. The van der Waals surface area contributed by atoms with Crippen LogP contribution >= 0.6 is 0 Å². The first-order valence-corrected chi connectivity index (χ1v) is 6.04. The van der Waals surface area contributed by atoms with E-state index in [1.54, 1.807) is 4.90 Å². The number of hydrogen-bond acceptors (Lipinski definition) is 3. The third-order valence-corrected chi connectivity index (χ3v) is 3.12. The van der Waals surface area contributed by atoms with Crippen LogP contribution < -0.4 is 11.1 Å². The Morgan fingerprint density at radius 1 is 1.56 bits per heavy atom. The minimum atomic E-state index is -0.313. The Morgan fingerprint density at radius 3 is 2.69 bits per heavy atom. The summed E-state index contributed by atoms with van der Waals surface area (Å²) in [5, 5.41) is 12.3. The number of carbonyl (C=O) groups excluding carboxylic acids is 1. The second kappa shape index (κ2) is 6.70. The molecule has 2 amide bonds. The highest BCUT2D eigenvalue weighted by atomic mass is 16.2. The van der Waals surface area contributed by atoms with Crippen LogP contribution in [0.1, 0.15) is 32.6 Å². The molecule has 0 spiro atoms. The molecule has 1 aliphatic heterocycles. The molecule has 16 heavy (non-hydrogen) atoms. The van der Waals surface area contributed by atoms with Gasteiger partial charge in [-0.05, 0) is 32.6 Å². The SMILES string of the molecule is CC(CCCO)NC1CCN(C(N)=O)CC1. The van der Waals surface area contributed by atoms with Gasteiger partial charge in [0.05, 0.1) is 0 Å². The third-order valence-electron chi connectivity index (χ3n) is 3.12. The highest BCUT2D eigenvalue weighted by molar-refractivity contribution is 5.72. The standard InChI is InChI=1S/C11H23N3O2/c1-9(3-2-8-15)13-10-4-6-14(7-5-10)11(12)16/h9-10,13,15H,2-8H2,1H3,(H2,12,16). The maximum atomic E-state index is 10.9. The quantitative estimate of drug-likeness (QED) is 0.633. The molecule has 1 fully saturated rings. The van der Waals surface area contributed by atoms with Gasteiger partial charge < -0.3 is 21.1 Å². The molecule has 0 aromatic heterocycles. The van der Waals surface area contributed by atoms with Gasteiger partial charge >= 0.3 is 6.03 Å². The zero-order valence-corrected chi connectivity index (χ0v) is 9.98. The molecule has 1 rings (SSSR count). The Hall–Kier alpha value is -0.810. The number of aliphatic hydroxyl groups excluding tert-OH is 1.